The molecule has 0 saturated heterocycles. The summed E-state index contributed by atoms with van der Waals surface area (Å²) in [5.41, 5.74) is -1.14. The van der Waals surface area contributed by atoms with E-state index in [4.69, 9.17) is 9.47 Å². The van der Waals surface area contributed by atoms with Crippen molar-refractivity contribution in [1.29, 1.82) is 0 Å². The molecule has 0 spiro atoms. The van der Waals surface area contributed by atoms with Crippen LogP contribution in [0.25, 0.3) is 0 Å². The molecular weight excluding hydrogens is 273 g/mol. The van der Waals surface area contributed by atoms with Crippen LogP contribution in [0.15, 0.2) is 42.5 Å². The van der Waals surface area contributed by atoms with Crippen LogP contribution < -0.4 is 9.47 Å². The molecule has 20 heavy (non-hydrogen) atoms. The van der Waals surface area contributed by atoms with Crippen LogP contribution in [-0.4, -0.2) is 12.2 Å². The Morgan fingerprint density at radius 2 is 1.65 bits per heavy atom. The van der Waals surface area contributed by atoms with Crippen molar-refractivity contribution in [2.24, 2.45) is 0 Å². The van der Waals surface area contributed by atoms with Gasteiger partial charge >= 0.3 is 6.18 Å². The average molecular weight is 284 g/mol. The Morgan fingerprint density at radius 3 is 2.30 bits per heavy atom. The standard InChI is InChI=1S/C14H11F3O3/c1-19-9-4-2-5-10(8-9)20-12-7-3-6-11(13(12)18)14(15,16)17/h2-8,18H,1H3. The van der Waals surface area contributed by atoms with E-state index in [9.17, 15) is 18.3 Å². The SMILES string of the molecule is COc1cccc(Oc2cccc(C(F)(F)F)c2O)c1. The van der Waals surface area contributed by atoms with E-state index in [1.165, 1.54) is 19.2 Å². The predicted octanol–water partition coefficient (Wildman–Crippen LogP) is 4.21. The maximum atomic E-state index is 12.7. The van der Waals surface area contributed by atoms with Gasteiger partial charge in [0.15, 0.2) is 11.5 Å². The Labute approximate surface area is 113 Å². The molecule has 0 heterocycles. The lowest BCUT2D eigenvalue weighted by Crippen LogP contribution is -2.05. The summed E-state index contributed by atoms with van der Waals surface area (Å²) >= 11 is 0. The topological polar surface area (TPSA) is 38.7 Å². The Kier molecular flexibility index (Phi) is 3.74. The number of benzene rings is 2. The van der Waals surface area contributed by atoms with Gasteiger partial charge in [0, 0.05) is 6.07 Å². The monoisotopic (exact) mass is 284 g/mol. The molecule has 2 rings (SSSR count). The van der Waals surface area contributed by atoms with Gasteiger partial charge in [-0.3, -0.25) is 0 Å². The molecule has 1 N–H and O–H groups in total. The van der Waals surface area contributed by atoms with Gasteiger partial charge in [-0.1, -0.05) is 12.1 Å². The van der Waals surface area contributed by atoms with Gasteiger partial charge < -0.3 is 14.6 Å². The summed E-state index contributed by atoms with van der Waals surface area (Å²) in [5.74, 6) is -0.455. The first kappa shape index (κ1) is 14.0. The summed E-state index contributed by atoms with van der Waals surface area (Å²) in [6, 6.07) is 9.54. The van der Waals surface area contributed by atoms with Crippen LogP contribution in [0.3, 0.4) is 0 Å². The summed E-state index contributed by atoms with van der Waals surface area (Å²) in [4.78, 5) is 0. The number of ether oxygens (including phenoxy) is 2. The zero-order valence-electron chi connectivity index (χ0n) is 10.4. The van der Waals surface area contributed by atoms with Gasteiger partial charge in [0.1, 0.15) is 17.1 Å². The van der Waals surface area contributed by atoms with Gasteiger partial charge in [-0.15, -0.1) is 0 Å². The van der Waals surface area contributed by atoms with Crippen molar-refractivity contribution in [1.82, 2.24) is 0 Å². The maximum Gasteiger partial charge on any atom is 0.420 e. The van der Waals surface area contributed by atoms with Crippen molar-refractivity contribution in [3.8, 4) is 23.0 Å². The number of para-hydroxylation sites is 1. The molecule has 106 valence electrons. The predicted molar refractivity (Wildman–Crippen MR) is 66.2 cm³/mol. The minimum Gasteiger partial charge on any atom is -0.504 e. The van der Waals surface area contributed by atoms with Crippen molar-refractivity contribution >= 4 is 0 Å². The number of hydrogen-bond donors (Lipinski definition) is 1. The van der Waals surface area contributed by atoms with E-state index in [2.05, 4.69) is 0 Å². The number of rotatable bonds is 3. The molecule has 6 heteroatoms. The molecule has 0 fully saturated rings. The highest BCUT2D eigenvalue weighted by molar-refractivity contribution is 5.49. The van der Waals surface area contributed by atoms with E-state index in [1.54, 1.807) is 18.2 Å². The number of alkyl halides is 3. The first-order chi connectivity index (χ1) is 9.41. The number of halogens is 3. The van der Waals surface area contributed by atoms with Gasteiger partial charge in [-0.25, -0.2) is 0 Å². The van der Waals surface area contributed by atoms with Crippen molar-refractivity contribution in [3.05, 3.63) is 48.0 Å². The summed E-state index contributed by atoms with van der Waals surface area (Å²) < 4.78 is 48.2. The van der Waals surface area contributed by atoms with Crippen LogP contribution in [0.2, 0.25) is 0 Å². The van der Waals surface area contributed by atoms with E-state index < -0.39 is 17.5 Å². The van der Waals surface area contributed by atoms with E-state index in [0.717, 1.165) is 12.1 Å². The molecular formula is C14H11F3O3. The first-order valence-electron chi connectivity index (χ1n) is 5.63. The third-order valence-corrected chi connectivity index (χ3v) is 2.57. The molecule has 2 aromatic rings. The molecule has 0 aliphatic heterocycles. The number of methoxy groups -OCH3 is 1. The molecule has 0 saturated carbocycles. The van der Waals surface area contributed by atoms with Crippen molar-refractivity contribution in [3.63, 3.8) is 0 Å². The third-order valence-electron chi connectivity index (χ3n) is 2.57. The van der Waals surface area contributed by atoms with Crippen LogP contribution in [-0.2, 0) is 6.18 Å². The number of hydrogen-bond acceptors (Lipinski definition) is 3. The van der Waals surface area contributed by atoms with E-state index in [-0.39, 0.29) is 11.5 Å². The second-order valence-electron chi connectivity index (χ2n) is 3.93. The van der Waals surface area contributed by atoms with Gasteiger partial charge in [-0.05, 0) is 24.3 Å². The Bertz CT molecular complexity index is 609. The summed E-state index contributed by atoms with van der Waals surface area (Å²) in [5, 5.41) is 9.64. The molecule has 2 aromatic carbocycles. The van der Waals surface area contributed by atoms with Crippen LogP contribution in [0.4, 0.5) is 13.2 Å². The zero-order valence-corrected chi connectivity index (χ0v) is 10.4. The second kappa shape index (κ2) is 5.32. The van der Waals surface area contributed by atoms with Crippen molar-refractivity contribution in [2.75, 3.05) is 7.11 Å². The van der Waals surface area contributed by atoms with E-state index >= 15 is 0 Å². The van der Waals surface area contributed by atoms with Gasteiger partial charge in [0.25, 0.3) is 0 Å². The van der Waals surface area contributed by atoms with Crippen molar-refractivity contribution in [2.45, 2.75) is 6.18 Å². The minimum absolute atomic E-state index is 0.263. The fourth-order valence-corrected chi connectivity index (χ4v) is 1.63. The highest BCUT2D eigenvalue weighted by atomic mass is 19.4. The lowest BCUT2D eigenvalue weighted by molar-refractivity contribution is -0.138. The first-order valence-corrected chi connectivity index (χ1v) is 5.63. The third kappa shape index (κ3) is 2.96. The van der Waals surface area contributed by atoms with Crippen molar-refractivity contribution < 1.29 is 27.8 Å². The molecule has 0 aromatic heterocycles. The summed E-state index contributed by atoms with van der Waals surface area (Å²) in [6.07, 6.45) is -4.64. The highest BCUT2D eigenvalue weighted by Gasteiger charge is 2.35. The smallest absolute Gasteiger partial charge is 0.420 e. The fraction of sp³-hybridized carbons (Fsp3) is 0.143. The maximum absolute atomic E-state index is 12.7. The van der Waals surface area contributed by atoms with E-state index in [0.29, 0.717) is 5.75 Å². The zero-order chi connectivity index (χ0) is 14.8. The molecule has 0 aliphatic rings. The number of phenols is 1. The molecule has 0 aliphatic carbocycles. The molecule has 3 nitrogen and oxygen atoms in total. The quantitative estimate of drug-likeness (QED) is 0.917. The molecule has 0 unspecified atom stereocenters. The highest BCUT2D eigenvalue weighted by Crippen LogP contribution is 2.42. The molecule has 0 radical (unpaired) electrons. The summed E-state index contributed by atoms with van der Waals surface area (Å²) in [6.45, 7) is 0. The van der Waals surface area contributed by atoms with Crippen LogP contribution in [0.5, 0.6) is 23.0 Å². The lowest BCUT2D eigenvalue weighted by atomic mass is 10.2. The molecule has 0 atom stereocenters. The van der Waals surface area contributed by atoms with E-state index in [1.807, 2.05) is 0 Å². The largest absolute Gasteiger partial charge is 0.504 e. The van der Waals surface area contributed by atoms with Crippen LogP contribution >= 0.6 is 0 Å². The van der Waals surface area contributed by atoms with Gasteiger partial charge in [0.2, 0.25) is 0 Å². The van der Waals surface area contributed by atoms with Gasteiger partial charge in [0.05, 0.1) is 7.11 Å². The number of phenolic OH excluding ortho intramolecular Hbond substituents is 1. The van der Waals surface area contributed by atoms with Crippen LogP contribution in [0, 0.1) is 0 Å². The Balaban J connectivity index is 2.34. The minimum atomic E-state index is -4.64. The molecule has 0 bridgehead atoms. The van der Waals surface area contributed by atoms with Crippen LogP contribution in [0.1, 0.15) is 5.56 Å². The lowest BCUT2D eigenvalue weighted by Gasteiger charge is -2.13. The van der Waals surface area contributed by atoms with Gasteiger partial charge in [-0.2, -0.15) is 13.2 Å². The summed E-state index contributed by atoms with van der Waals surface area (Å²) in [7, 11) is 1.46. The number of aromatic hydroxyl groups is 1. The Morgan fingerprint density at radius 1 is 1.00 bits per heavy atom. The fourth-order valence-electron chi connectivity index (χ4n) is 1.63. The Hall–Kier alpha value is -2.37. The normalized spacial score (nSPS) is 11.2. The average Bonchev–Trinajstić information content (AvgIpc) is 2.40. The second-order valence-corrected chi connectivity index (χ2v) is 3.93. The molecule has 0 amide bonds.